The fourth-order valence-electron chi connectivity index (χ4n) is 2.19. The molecule has 2 rings (SSSR count). The Morgan fingerprint density at radius 1 is 1.25 bits per heavy atom. The summed E-state index contributed by atoms with van der Waals surface area (Å²) < 4.78 is 48.4. The Morgan fingerprint density at radius 3 is 2.35 bits per heavy atom. The van der Waals surface area contributed by atoms with Crippen LogP contribution in [0.4, 0.5) is 8.78 Å². The van der Waals surface area contributed by atoms with Gasteiger partial charge in [0.15, 0.2) is 0 Å². The quantitative estimate of drug-likeness (QED) is 0.874. The number of benzene rings is 1. The van der Waals surface area contributed by atoms with Gasteiger partial charge in [-0.05, 0) is 24.1 Å². The monoisotopic (exact) mass is 304 g/mol. The number of carbonyl (C=O) groups is 1. The van der Waals surface area contributed by atoms with Gasteiger partial charge < -0.3 is 4.90 Å². The van der Waals surface area contributed by atoms with Gasteiger partial charge in [0.1, 0.15) is 16.9 Å². The van der Waals surface area contributed by atoms with E-state index in [-0.39, 0.29) is 31.8 Å². The molecule has 1 aliphatic heterocycles. The number of amides is 1. The zero-order chi connectivity index (χ0) is 14.9. The summed E-state index contributed by atoms with van der Waals surface area (Å²) in [5.41, 5.74) is 0.411. The van der Waals surface area contributed by atoms with Crippen LogP contribution >= 0.6 is 0 Å². The summed E-state index contributed by atoms with van der Waals surface area (Å²) >= 11 is 0. The van der Waals surface area contributed by atoms with Crippen LogP contribution in [0.25, 0.3) is 0 Å². The summed E-state index contributed by atoms with van der Waals surface area (Å²) in [6, 6.07) is 3.13. The van der Waals surface area contributed by atoms with Gasteiger partial charge in [0, 0.05) is 25.6 Å². The molecule has 0 spiro atoms. The van der Waals surface area contributed by atoms with E-state index in [0.29, 0.717) is 5.56 Å². The summed E-state index contributed by atoms with van der Waals surface area (Å²) in [7, 11) is -3.75. The fourth-order valence-corrected chi connectivity index (χ4v) is 2.95. The lowest BCUT2D eigenvalue weighted by molar-refractivity contribution is -0.127. The highest BCUT2D eigenvalue weighted by atomic mass is 32.2. The zero-order valence-corrected chi connectivity index (χ0v) is 11.4. The van der Waals surface area contributed by atoms with Crippen LogP contribution in [0.1, 0.15) is 12.0 Å². The average molecular weight is 304 g/mol. The first-order valence-corrected chi connectivity index (χ1v) is 7.61. The lowest BCUT2D eigenvalue weighted by Gasteiger charge is -2.16. The van der Waals surface area contributed by atoms with E-state index < -0.39 is 26.9 Å². The Labute approximate surface area is 115 Å². The van der Waals surface area contributed by atoms with Crippen molar-refractivity contribution in [3.63, 3.8) is 0 Å². The number of nitrogens with two attached hydrogens (primary N) is 1. The summed E-state index contributed by atoms with van der Waals surface area (Å²) in [5.74, 6) is -1.69. The molecule has 1 unspecified atom stereocenters. The van der Waals surface area contributed by atoms with Gasteiger partial charge in [-0.3, -0.25) is 4.79 Å². The number of nitrogens with zero attached hydrogens (tertiary/aromatic N) is 1. The molecular formula is C12H14F2N2O3S. The number of hydrogen-bond acceptors (Lipinski definition) is 3. The first-order valence-electron chi connectivity index (χ1n) is 6.00. The Bertz CT molecular complexity index is 613. The van der Waals surface area contributed by atoms with E-state index in [1.807, 2.05) is 0 Å². The minimum atomic E-state index is -3.75. The molecule has 2 N–H and O–H groups in total. The molecule has 1 amide bonds. The van der Waals surface area contributed by atoms with Crippen molar-refractivity contribution < 1.29 is 22.0 Å². The van der Waals surface area contributed by atoms with E-state index >= 15 is 0 Å². The van der Waals surface area contributed by atoms with Gasteiger partial charge in [-0.25, -0.2) is 22.3 Å². The Kier molecular flexibility index (Phi) is 4.05. The number of carbonyl (C=O) groups excluding carboxylic acids is 1. The van der Waals surface area contributed by atoms with E-state index in [1.165, 1.54) is 17.0 Å². The minimum absolute atomic E-state index is 0.0233. The van der Waals surface area contributed by atoms with Gasteiger partial charge in [0.25, 0.3) is 0 Å². The lowest BCUT2D eigenvalue weighted by Crippen LogP contribution is -2.33. The SMILES string of the molecule is NS(=O)(=O)C1CC(=O)N(CCc2cc(F)cc(F)c2)C1. The molecule has 0 aromatic heterocycles. The van der Waals surface area contributed by atoms with Gasteiger partial charge in [-0.2, -0.15) is 0 Å². The van der Waals surface area contributed by atoms with Crippen molar-refractivity contribution in [3.05, 3.63) is 35.4 Å². The highest BCUT2D eigenvalue weighted by molar-refractivity contribution is 7.89. The lowest BCUT2D eigenvalue weighted by atomic mass is 10.1. The number of hydrogen-bond donors (Lipinski definition) is 1. The van der Waals surface area contributed by atoms with Crippen LogP contribution in [0, 0.1) is 11.6 Å². The van der Waals surface area contributed by atoms with E-state index in [4.69, 9.17) is 5.14 Å². The summed E-state index contributed by atoms with van der Waals surface area (Å²) in [4.78, 5) is 13.0. The van der Waals surface area contributed by atoms with E-state index in [9.17, 15) is 22.0 Å². The fraction of sp³-hybridized carbons (Fsp3) is 0.417. The van der Waals surface area contributed by atoms with E-state index in [1.54, 1.807) is 0 Å². The molecule has 1 heterocycles. The molecule has 110 valence electrons. The molecule has 0 radical (unpaired) electrons. The summed E-state index contributed by atoms with van der Waals surface area (Å²) in [6.45, 7) is 0.225. The number of rotatable bonds is 4. The number of likely N-dealkylation sites (tertiary alicyclic amines) is 1. The van der Waals surface area contributed by atoms with Crippen molar-refractivity contribution in [2.24, 2.45) is 5.14 Å². The number of halogens is 2. The van der Waals surface area contributed by atoms with Gasteiger partial charge in [0.2, 0.25) is 15.9 Å². The first-order chi connectivity index (χ1) is 9.25. The summed E-state index contributed by atoms with van der Waals surface area (Å²) in [5, 5.41) is 4.10. The third-order valence-corrected chi connectivity index (χ3v) is 4.48. The predicted octanol–water partition coefficient (Wildman–Crippen LogP) is 0.397. The van der Waals surface area contributed by atoms with Crippen molar-refractivity contribution >= 4 is 15.9 Å². The van der Waals surface area contributed by atoms with Crippen LogP contribution in [0.3, 0.4) is 0 Å². The van der Waals surface area contributed by atoms with Crippen molar-refractivity contribution in [1.82, 2.24) is 4.90 Å². The van der Waals surface area contributed by atoms with Crippen LogP contribution < -0.4 is 5.14 Å². The molecule has 1 saturated heterocycles. The van der Waals surface area contributed by atoms with Crippen molar-refractivity contribution in [1.29, 1.82) is 0 Å². The van der Waals surface area contributed by atoms with Gasteiger partial charge in [0.05, 0.1) is 0 Å². The Morgan fingerprint density at radius 2 is 1.85 bits per heavy atom. The molecule has 1 atom stereocenters. The van der Waals surface area contributed by atoms with Gasteiger partial charge in [-0.1, -0.05) is 0 Å². The highest BCUT2D eigenvalue weighted by Gasteiger charge is 2.35. The third-order valence-electron chi connectivity index (χ3n) is 3.24. The highest BCUT2D eigenvalue weighted by Crippen LogP contribution is 2.17. The molecule has 1 aromatic rings. The molecular weight excluding hydrogens is 290 g/mol. The normalized spacial score (nSPS) is 19.6. The molecule has 20 heavy (non-hydrogen) atoms. The van der Waals surface area contributed by atoms with Crippen LogP contribution in [-0.2, 0) is 21.2 Å². The molecule has 0 saturated carbocycles. The maximum atomic E-state index is 13.0. The average Bonchev–Trinajstić information content (AvgIpc) is 2.66. The van der Waals surface area contributed by atoms with Gasteiger partial charge >= 0.3 is 0 Å². The van der Waals surface area contributed by atoms with Crippen LogP contribution in [0.5, 0.6) is 0 Å². The Balaban J connectivity index is 1.99. The Hall–Kier alpha value is -1.54. The summed E-state index contributed by atoms with van der Waals surface area (Å²) in [6.07, 6.45) is 0.105. The van der Waals surface area contributed by atoms with Crippen LogP contribution in [0.15, 0.2) is 18.2 Å². The first kappa shape index (κ1) is 14.9. The largest absolute Gasteiger partial charge is 0.341 e. The predicted molar refractivity (Wildman–Crippen MR) is 68.2 cm³/mol. The second kappa shape index (κ2) is 5.45. The molecule has 1 fully saturated rings. The second-order valence-electron chi connectivity index (χ2n) is 4.78. The molecule has 0 aliphatic carbocycles. The minimum Gasteiger partial charge on any atom is -0.341 e. The van der Waals surface area contributed by atoms with Crippen molar-refractivity contribution in [2.45, 2.75) is 18.1 Å². The van der Waals surface area contributed by atoms with Crippen molar-refractivity contribution in [2.75, 3.05) is 13.1 Å². The van der Waals surface area contributed by atoms with Crippen LogP contribution in [0.2, 0.25) is 0 Å². The molecule has 8 heteroatoms. The smallest absolute Gasteiger partial charge is 0.224 e. The molecule has 5 nitrogen and oxygen atoms in total. The maximum Gasteiger partial charge on any atom is 0.224 e. The zero-order valence-electron chi connectivity index (χ0n) is 10.6. The molecule has 1 aliphatic rings. The number of sulfonamides is 1. The topological polar surface area (TPSA) is 80.5 Å². The van der Waals surface area contributed by atoms with E-state index in [0.717, 1.165) is 6.07 Å². The standard InChI is InChI=1S/C12H14F2N2O3S/c13-9-3-8(4-10(14)5-9)1-2-16-7-11(6-12(16)17)20(15,18)19/h3-5,11H,1-2,6-7H2,(H2,15,18,19). The molecule has 1 aromatic carbocycles. The maximum absolute atomic E-state index is 13.0. The van der Waals surface area contributed by atoms with Gasteiger partial charge in [-0.15, -0.1) is 0 Å². The van der Waals surface area contributed by atoms with Crippen molar-refractivity contribution in [3.8, 4) is 0 Å². The molecule has 0 bridgehead atoms. The van der Waals surface area contributed by atoms with Crippen LogP contribution in [-0.4, -0.2) is 37.6 Å². The third kappa shape index (κ3) is 3.51. The van der Waals surface area contributed by atoms with E-state index in [2.05, 4.69) is 0 Å². The number of primary sulfonamides is 1. The second-order valence-corrected chi connectivity index (χ2v) is 6.63.